The fraction of sp³-hybridized carbons (Fsp3) is 0.385. The molecule has 0 heterocycles. The second kappa shape index (κ2) is 7.40. The number of halogens is 2. The minimum Gasteiger partial charge on any atom is -0.466 e. The molecule has 0 saturated carbocycles. The third-order valence-corrected chi connectivity index (χ3v) is 2.42. The van der Waals surface area contributed by atoms with E-state index >= 15 is 0 Å². The fourth-order valence-corrected chi connectivity index (χ4v) is 1.68. The zero-order chi connectivity index (χ0) is 15.1. The molecular weight excluding hydrogens is 272 g/mol. The van der Waals surface area contributed by atoms with Gasteiger partial charge in [0.15, 0.2) is 0 Å². The quantitative estimate of drug-likeness (QED) is 0.806. The average Bonchev–Trinajstić information content (AvgIpc) is 2.37. The van der Waals surface area contributed by atoms with Gasteiger partial charge < -0.3 is 14.6 Å². The summed E-state index contributed by atoms with van der Waals surface area (Å²) in [4.78, 5) is 11.4. The van der Waals surface area contributed by atoms with Crippen molar-refractivity contribution in [3.8, 4) is 11.8 Å². The maximum absolute atomic E-state index is 12.2. The number of hydrogen-bond donors (Lipinski definition) is 1. The van der Waals surface area contributed by atoms with Gasteiger partial charge in [-0.1, -0.05) is 0 Å². The topological polar surface area (TPSA) is 79.6 Å². The van der Waals surface area contributed by atoms with Crippen molar-refractivity contribution in [2.24, 2.45) is 0 Å². The Bertz CT molecular complexity index is 526. The maximum atomic E-state index is 12.2. The molecule has 0 aliphatic heterocycles. The van der Waals surface area contributed by atoms with Crippen molar-refractivity contribution in [2.45, 2.75) is 26.6 Å². The number of nitriles is 1. The highest BCUT2D eigenvalue weighted by atomic mass is 19.3. The van der Waals surface area contributed by atoms with Gasteiger partial charge in [0.05, 0.1) is 31.3 Å². The molecule has 1 N–H and O–H groups in total. The van der Waals surface area contributed by atoms with Gasteiger partial charge >= 0.3 is 12.6 Å². The van der Waals surface area contributed by atoms with Crippen LogP contribution in [-0.4, -0.2) is 24.3 Å². The van der Waals surface area contributed by atoms with Crippen molar-refractivity contribution in [1.29, 1.82) is 5.26 Å². The van der Waals surface area contributed by atoms with E-state index in [0.717, 1.165) is 6.07 Å². The van der Waals surface area contributed by atoms with Gasteiger partial charge in [-0.05, 0) is 30.2 Å². The van der Waals surface area contributed by atoms with Gasteiger partial charge in [-0.25, -0.2) is 0 Å². The van der Waals surface area contributed by atoms with E-state index in [2.05, 4.69) is 4.74 Å². The Labute approximate surface area is 114 Å². The van der Waals surface area contributed by atoms with Crippen molar-refractivity contribution in [3.05, 3.63) is 28.8 Å². The van der Waals surface area contributed by atoms with Gasteiger partial charge in [-0.15, -0.1) is 0 Å². The Hall–Kier alpha value is -2.20. The predicted molar refractivity (Wildman–Crippen MR) is 64.0 cm³/mol. The van der Waals surface area contributed by atoms with Crippen molar-refractivity contribution < 1.29 is 28.2 Å². The lowest BCUT2D eigenvalue weighted by Crippen LogP contribution is -2.11. The Kier molecular flexibility index (Phi) is 5.87. The zero-order valence-corrected chi connectivity index (χ0v) is 10.7. The van der Waals surface area contributed by atoms with Crippen LogP contribution < -0.4 is 4.74 Å². The third-order valence-electron chi connectivity index (χ3n) is 2.42. The first kappa shape index (κ1) is 15.9. The second-order valence-corrected chi connectivity index (χ2v) is 3.75. The van der Waals surface area contributed by atoms with Crippen LogP contribution in [0.15, 0.2) is 12.1 Å². The normalized spacial score (nSPS) is 10.2. The molecule has 0 aromatic heterocycles. The van der Waals surface area contributed by atoms with E-state index in [1.54, 1.807) is 6.92 Å². The summed E-state index contributed by atoms with van der Waals surface area (Å²) in [5.74, 6) is -0.815. The van der Waals surface area contributed by atoms with Crippen molar-refractivity contribution in [1.82, 2.24) is 0 Å². The van der Waals surface area contributed by atoms with Gasteiger partial charge in [0.25, 0.3) is 0 Å². The van der Waals surface area contributed by atoms with Crippen LogP contribution in [0.1, 0.15) is 23.6 Å². The lowest BCUT2D eigenvalue weighted by molar-refractivity contribution is -0.142. The van der Waals surface area contributed by atoms with E-state index in [1.807, 2.05) is 6.07 Å². The number of esters is 1. The molecule has 0 atom stereocenters. The summed E-state index contributed by atoms with van der Waals surface area (Å²) in [7, 11) is 0. The first-order valence-corrected chi connectivity index (χ1v) is 5.79. The van der Waals surface area contributed by atoms with Crippen LogP contribution in [0.3, 0.4) is 0 Å². The van der Waals surface area contributed by atoms with Crippen LogP contribution in [0.5, 0.6) is 5.75 Å². The van der Waals surface area contributed by atoms with E-state index in [4.69, 9.17) is 15.1 Å². The number of ether oxygens (including phenoxy) is 2. The summed E-state index contributed by atoms with van der Waals surface area (Å²) < 4.78 is 33.4. The zero-order valence-electron chi connectivity index (χ0n) is 10.7. The molecule has 108 valence electrons. The van der Waals surface area contributed by atoms with Crippen LogP contribution in [0.2, 0.25) is 0 Å². The van der Waals surface area contributed by atoms with Crippen LogP contribution in [0.25, 0.3) is 0 Å². The molecule has 0 aliphatic carbocycles. The lowest BCUT2D eigenvalue weighted by atomic mass is 9.99. The highest BCUT2D eigenvalue weighted by Gasteiger charge is 2.16. The molecular formula is C13H13F2NO4. The van der Waals surface area contributed by atoms with Gasteiger partial charge in [0, 0.05) is 0 Å². The molecule has 0 bridgehead atoms. The van der Waals surface area contributed by atoms with Crippen LogP contribution in [-0.2, 0) is 22.6 Å². The number of alkyl halides is 2. The number of nitrogens with zero attached hydrogens (tertiary/aromatic N) is 1. The molecule has 0 aliphatic rings. The summed E-state index contributed by atoms with van der Waals surface area (Å²) in [5, 5.41) is 18.2. The van der Waals surface area contributed by atoms with Crippen LogP contribution in [0, 0.1) is 11.3 Å². The number of carbonyl (C=O) groups is 1. The molecule has 0 unspecified atom stereocenters. The average molecular weight is 285 g/mol. The molecule has 5 nitrogen and oxygen atoms in total. The van der Waals surface area contributed by atoms with Gasteiger partial charge in [-0.2, -0.15) is 14.0 Å². The molecule has 1 aromatic rings. The van der Waals surface area contributed by atoms with Crippen molar-refractivity contribution in [2.75, 3.05) is 6.61 Å². The molecule has 1 rings (SSSR count). The minimum atomic E-state index is -3.04. The largest absolute Gasteiger partial charge is 0.466 e. The number of rotatable bonds is 6. The summed E-state index contributed by atoms with van der Waals surface area (Å²) in [5.41, 5.74) is 0.347. The minimum absolute atomic E-state index is 0.0576. The smallest absolute Gasteiger partial charge is 0.387 e. The van der Waals surface area contributed by atoms with E-state index in [1.165, 1.54) is 6.07 Å². The summed E-state index contributed by atoms with van der Waals surface area (Å²) in [6.07, 6.45) is -0.260. The van der Waals surface area contributed by atoms with Crippen molar-refractivity contribution in [3.63, 3.8) is 0 Å². The predicted octanol–water partition coefficient (Wildman–Crippen LogP) is 1.76. The van der Waals surface area contributed by atoms with E-state index in [0.29, 0.717) is 0 Å². The van der Waals surface area contributed by atoms with Crippen molar-refractivity contribution >= 4 is 5.97 Å². The summed E-state index contributed by atoms with van der Waals surface area (Å²) in [6, 6.07) is 4.14. The Morgan fingerprint density at radius 1 is 1.45 bits per heavy atom. The van der Waals surface area contributed by atoms with E-state index < -0.39 is 19.2 Å². The fourth-order valence-electron chi connectivity index (χ4n) is 1.68. The Balaban J connectivity index is 3.17. The van der Waals surface area contributed by atoms with Crippen LogP contribution in [0.4, 0.5) is 8.78 Å². The van der Waals surface area contributed by atoms with Crippen LogP contribution >= 0.6 is 0 Å². The summed E-state index contributed by atoms with van der Waals surface area (Å²) >= 11 is 0. The molecule has 20 heavy (non-hydrogen) atoms. The summed E-state index contributed by atoms with van der Waals surface area (Å²) in [6.45, 7) is -1.77. The van der Waals surface area contributed by atoms with E-state index in [-0.39, 0.29) is 35.5 Å². The first-order chi connectivity index (χ1) is 9.51. The lowest BCUT2D eigenvalue weighted by Gasteiger charge is -2.12. The van der Waals surface area contributed by atoms with E-state index in [9.17, 15) is 13.6 Å². The van der Waals surface area contributed by atoms with Gasteiger partial charge in [-0.3, -0.25) is 4.79 Å². The highest BCUT2D eigenvalue weighted by Crippen LogP contribution is 2.24. The molecule has 0 saturated heterocycles. The first-order valence-electron chi connectivity index (χ1n) is 5.79. The number of aliphatic hydroxyl groups is 1. The molecule has 1 aromatic carbocycles. The number of benzene rings is 1. The molecule has 0 radical (unpaired) electrons. The van der Waals surface area contributed by atoms with Gasteiger partial charge in [0.2, 0.25) is 0 Å². The Morgan fingerprint density at radius 2 is 2.10 bits per heavy atom. The number of carbonyl (C=O) groups excluding carboxylic acids is 1. The molecule has 7 heteroatoms. The molecule has 0 amide bonds. The standard InChI is InChI=1S/C13H13F2NO4/c1-2-19-12(18)5-8-3-10(20-13(14)15)4-9(7-17)11(8)6-16/h3-4,13,17H,2,5,7H2,1H3. The second-order valence-electron chi connectivity index (χ2n) is 3.75. The maximum Gasteiger partial charge on any atom is 0.387 e. The number of aliphatic hydroxyl groups excluding tert-OH is 1. The molecule has 0 spiro atoms. The van der Waals surface area contributed by atoms with Gasteiger partial charge in [0.1, 0.15) is 5.75 Å². The number of hydrogen-bond acceptors (Lipinski definition) is 5. The Morgan fingerprint density at radius 3 is 2.60 bits per heavy atom. The SMILES string of the molecule is CCOC(=O)Cc1cc(OC(F)F)cc(CO)c1C#N. The monoisotopic (exact) mass is 285 g/mol. The molecule has 0 fully saturated rings. The third kappa shape index (κ3) is 4.17. The highest BCUT2D eigenvalue weighted by molar-refractivity contribution is 5.74.